The summed E-state index contributed by atoms with van der Waals surface area (Å²) in [6.07, 6.45) is -4.14. The Balaban J connectivity index is 3.05. The Morgan fingerprint density at radius 2 is 1.94 bits per heavy atom. The fourth-order valence-corrected chi connectivity index (χ4v) is 2.10. The molecule has 0 bridgehead atoms. The molecule has 1 aromatic carbocycles. The van der Waals surface area contributed by atoms with Crippen molar-refractivity contribution in [2.75, 3.05) is 5.33 Å². The molecule has 0 atom stereocenters. The van der Waals surface area contributed by atoms with Crippen LogP contribution in [0.4, 0.5) is 13.2 Å². The molecule has 0 aromatic heterocycles. The van der Waals surface area contributed by atoms with E-state index in [1.165, 1.54) is 6.07 Å². The summed E-state index contributed by atoms with van der Waals surface area (Å²) in [5.41, 5.74) is -0.498. The van der Waals surface area contributed by atoms with Crippen molar-refractivity contribution in [3.05, 3.63) is 33.8 Å². The lowest BCUT2D eigenvalue weighted by atomic mass is 10.1. The van der Waals surface area contributed by atoms with Crippen molar-refractivity contribution in [2.24, 2.45) is 0 Å². The molecule has 0 radical (unpaired) electrons. The minimum absolute atomic E-state index is 0.174. The van der Waals surface area contributed by atoms with Gasteiger partial charge in [-0.1, -0.05) is 31.9 Å². The second kappa shape index (κ2) is 5.31. The van der Waals surface area contributed by atoms with E-state index in [0.717, 1.165) is 12.1 Å². The largest absolute Gasteiger partial charge is 0.416 e. The summed E-state index contributed by atoms with van der Waals surface area (Å²) in [5, 5.41) is 0.485. The lowest BCUT2D eigenvalue weighted by Gasteiger charge is -2.09. The van der Waals surface area contributed by atoms with Gasteiger partial charge in [0, 0.05) is 21.8 Å². The molecule has 1 rings (SSSR count). The first kappa shape index (κ1) is 13.7. The molecule has 0 heterocycles. The topological polar surface area (TPSA) is 17.1 Å². The van der Waals surface area contributed by atoms with Crippen molar-refractivity contribution in [1.29, 1.82) is 0 Å². The zero-order valence-corrected chi connectivity index (χ0v) is 11.1. The molecule has 0 N–H and O–H groups in total. The number of hydrogen-bond acceptors (Lipinski definition) is 1. The molecule has 6 heteroatoms. The van der Waals surface area contributed by atoms with Gasteiger partial charge in [0.1, 0.15) is 0 Å². The maximum atomic E-state index is 12.3. The van der Waals surface area contributed by atoms with Gasteiger partial charge in [0.25, 0.3) is 0 Å². The van der Waals surface area contributed by atoms with Crippen LogP contribution in [0.3, 0.4) is 0 Å². The minimum Gasteiger partial charge on any atom is -0.294 e. The molecule has 1 nitrogen and oxygen atoms in total. The number of benzene rings is 1. The molecule has 16 heavy (non-hydrogen) atoms. The van der Waals surface area contributed by atoms with Gasteiger partial charge in [0.05, 0.1) is 5.56 Å². The van der Waals surface area contributed by atoms with Gasteiger partial charge in [-0.25, -0.2) is 0 Å². The Labute approximate surface area is 107 Å². The van der Waals surface area contributed by atoms with Crippen LogP contribution in [-0.4, -0.2) is 11.1 Å². The minimum atomic E-state index is -4.39. The zero-order chi connectivity index (χ0) is 12.3. The number of rotatable bonds is 3. The zero-order valence-electron chi connectivity index (χ0n) is 7.94. The second-order valence-corrected chi connectivity index (χ2v) is 4.70. The van der Waals surface area contributed by atoms with Crippen molar-refractivity contribution in [2.45, 2.75) is 12.6 Å². The Kier molecular flexibility index (Phi) is 4.55. The molecule has 0 spiro atoms. The van der Waals surface area contributed by atoms with Gasteiger partial charge in [0.2, 0.25) is 0 Å². The highest BCUT2D eigenvalue weighted by Gasteiger charge is 2.31. The molecule has 0 fully saturated rings. The Hall–Kier alpha value is -0.360. The van der Waals surface area contributed by atoms with Gasteiger partial charge < -0.3 is 0 Å². The third-order valence-corrected chi connectivity index (χ3v) is 2.97. The van der Waals surface area contributed by atoms with Crippen LogP contribution in [0.25, 0.3) is 0 Å². The average Bonchev–Trinajstić information content (AvgIpc) is 2.16. The molecule has 0 aliphatic carbocycles. The number of Topliss-reactive ketones (excluding diaryl/α,β-unsaturated/α-hetero) is 1. The average molecular weight is 360 g/mol. The van der Waals surface area contributed by atoms with E-state index >= 15 is 0 Å². The van der Waals surface area contributed by atoms with Gasteiger partial charge in [-0.3, -0.25) is 4.79 Å². The van der Waals surface area contributed by atoms with Crippen molar-refractivity contribution >= 4 is 37.6 Å². The quantitative estimate of drug-likeness (QED) is 0.576. The first-order valence-electron chi connectivity index (χ1n) is 4.32. The summed E-state index contributed by atoms with van der Waals surface area (Å²) in [5.74, 6) is -0.197. The molecular formula is C10H7Br2F3O. The van der Waals surface area contributed by atoms with Crippen molar-refractivity contribution in [1.82, 2.24) is 0 Å². The Bertz CT molecular complexity index is 402. The van der Waals surface area contributed by atoms with Gasteiger partial charge in [-0.05, 0) is 18.2 Å². The third-order valence-electron chi connectivity index (χ3n) is 1.92. The smallest absolute Gasteiger partial charge is 0.294 e. The third kappa shape index (κ3) is 3.31. The molecular weight excluding hydrogens is 353 g/mol. The van der Waals surface area contributed by atoms with Crippen LogP contribution in [0.2, 0.25) is 0 Å². The first-order valence-corrected chi connectivity index (χ1v) is 6.23. The lowest BCUT2D eigenvalue weighted by molar-refractivity contribution is -0.137. The van der Waals surface area contributed by atoms with E-state index in [1.54, 1.807) is 0 Å². The highest BCUT2D eigenvalue weighted by atomic mass is 79.9. The molecule has 0 unspecified atom stereocenters. The molecule has 0 saturated heterocycles. The fraction of sp³-hybridized carbons (Fsp3) is 0.300. The van der Waals surface area contributed by atoms with E-state index in [1.807, 2.05) is 0 Å². The van der Waals surface area contributed by atoms with Gasteiger partial charge in [-0.15, -0.1) is 0 Å². The van der Waals surface area contributed by atoms with Crippen LogP contribution in [0.1, 0.15) is 22.3 Å². The Morgan fingerprint density at radius 1 is 1.31 bits per heavy atom. The summed E-state index contributed by atoms with van der Waals surface area (Å²) in [6.45, 7) is 0. The molecule has 1 aromatic rings. The number of alkyl halides is 4. The maximum absolute atomic E-state index is 12.3. The van der Waals surface area contributed by atoms with Crippen molar-refractivity contribution in [3.63, 3.8) is 0 Å². The van der Waals surface area contributed by atoms with Crippen molar-refractivity contribution in [3.8, 4) is 0 Å². The predicted octanol–water partition coefficient (Wildman–Crippen LogP) is 4.44. The molecule has 0 amide bonds. The van der Waals surface area contributed by atoms with Gasteiger partial charge >= 0.3 is 6.18 Å². The van der Waals surface area contributed by atoms with E-state index in [4.69, 9.17) is 0 Å². The molecule has 0 aliphatic heterocycles. The van der Waals surface area contributed by atoms with Crippen LogP contribution in [0.15, 0.2) is 22.7 Å². The highest BCUT2D eigenvalue weighted by molar-refractivity contribution is 9.10. The molecule has 0 aliphatic rings. The van der Waals surface area contributed by atoms with Crippen LogP contribution in [0, 0.1) is 0 Å². The standard InChI is InChI=1S/C10H7Br2F3O/c11-4-3-9(16)7-2-1-6(5-8(7)12)10(13,14)15/h1-2,5H,3-4H2. The van der Waals surface area contributed by atoms with Gasteiger partial charge in [0.15, 0.2) is 5.78 Å². The predicted molar refractivity (Wildman–Crippen MR) is 61.9 cm³/mol. The Morgan fingerprint density at radius 3 is 2.38 bits per heavy atom. The summed E-state index contributed by atoms with van der Waals surface area (Å²) in [4.78, 5) is 11.5. The van der Waals surface area contributed by atoms with E-state index in [0.29, 0.717) is 5.33 Å². The summed E-state index contributed by atoms with van der Waals surface area (Å²) in [7, 11) is 0. The van der Waals surface area contributed by atoms with Crippen molar-refractivity contribution < 1.29 is 18.0 Å². The first-order chi connectivity index (χ1) is 7.36. The lowest BCUT2D eigenvalue weighted by Crippen LogP contribution is -2.07. The van der Waals surface area contributed by atoms with Crippen LogP contribution >= 0.6 is 31.9 Å². The fourth-order valence-electron chi connectivity index (χ4n) is 1.14. The SMILES string of the molecule is O=C(CCBr)c1ccc(C(F)(F)F)cc1Br. The second-order valence-electron chi connectivity index (χ2n) is 3.05. The van der Waals surface area contributed by atoms with E-state index in [9.17, 15) is 18.0 Å². The number of ketones is 1. The van der Waals surface area contributed by atoms with Crippen LogP contribution < -0.4 is 0 Å². The normalized spacial score (nSPS) is 11.6. The van der Waals surface area contributed by atoms with E-state index in [-0.39, 0.29) is 22.2 Å². The highest BCUT2D eigenvalue weighted by Crippen LogP contribution is 2.32. The van der Waals surface area contributed by atoms with E-state index < -0.39 is 11.7 Å². The van der Waals surface area contributed by atoms with Crippen LogP contribution in [-0.2, 0) is 6.18 Å². The summed E-state index contributed by atoms with van der Waals surface area (Å²) >= 11 is 6.08. The number of halogens is 5. The number of carbonyl (C=O) groups excluding carboxylic acids is 1. The molecule has 88 valence electrons. The van der Waals surface area contributed by atoms with Crippen LogP contribution in [0.5, 0.6) is 0 Å². The summed E-state index contributed by atoms with van der Waals surface area (Å²) < 4.78 is 37.2. The number of hydrogen-bond donors (Lipinski definition) is 0. The number of carbonyl (C=O) groups is 1. The maximum Gasteiger partial charge on any atom is 0.416 e. The molecule has 0 saturated carbocycles. The monoisotopic (exact) mass is 358 g/mol. The van der Waals surface area contributed by atoms with E-state index in [2.05, 4.69) is 31.9 Å². The van der Waals surface area contributed by atoms with Gasteiger partial charge in [-0.2, -0.15) is 13.2 Å². The summed E-state index contributed by atoms with van der Waals surface area (Å²) in [6, 6.07) is 3.02.